The largest absolute Gasteiger partial charge is 0.537 e. The molecule has 1 aliphatic heterocycles. The smallest absolute Gasteiger partial charge is 0.372 e. The Balaban J connectivity index is 2.10. The molecule has 4 rings (SSSR count). The van der Waals surface area contributed by atoms with Crippen LogP contribution in [0.4, 0.5) is 5.69 Å². The Morgan fingerprint density at radius 3 is 2.38 bits per heavy atom. The van der Waals surface area contributed by atoms with Crippen molar-refractivity contribution in [1.82, 2.24) is 4.57 Å². The van der Waals surface area contributed by atoms with E-state index in [9.17, 15) is 0 Å². The highest BCUT2D eigenvalue weighted by Gasteiger charge is 2.44. The first-order chi connectivity index (χ1) is 13.9. The number of nitrogens with zero attached hydrogens (tertiary/aromatic N) is 3. The minimum atomic E-state index is -2.44. The molecule has 1 aromatic heterocycles. The van der Waals surface area contributed by atoms with Crippen molar-refractivity contribution in [2.75, 3.05) is 11.9 Å². The van der Waals surface area contributed by atoms with Crippen molar-refractivity contribution in [2.24, 2.45) is 7.05 Å². The monoisotopic (exact) mass is 322 g/mol. The molecular formula is C20H23BN3+. The van der Waals surface area contributed by atoms with Crippen LogP contribution in [-0.2, 0) is 7.05 Å². The summed E-state index contributed by atoms with van der Waals surface area (Å²) in [5, 5.41) is 0. The van der Waals surface area contributed by atoms with Gasteiger partial charge in [0.15, 0.2) is 0 Å². The van der Waals surface area contributed by atoms with E-state index < -0.39 is 20.7 Å². The van der Waals surface area contributed by atoms with Gasteiger partial charge in [0.25, 0.3) is 5.82 Å². The molecule has 0 unspecified atom stereocenters. The number of imidazole rings is 1. The lowest BCUT2D eigenvalue weighted by Crippen LogP contribution is -2.70. The number of rotatable bonds is 1. The molecule has 1 aliphatic rings. The van der Waals surface area contributed by atoms with E-state index in [1.165, 1.54) is 18.2 Å². The van der Waals surface area contributed by atoms with Gasteiger partial charge in [0, 0.05) is 19.4 Å². The third-order valence-electron chi connectivity index (χ3n) is 4.88. The Bertz CT molecular complexity index is 1100. The molecule has 4 heteroatoms. The van der Waals surface area contributed by atoms with Crippen molar-refractivity contribution in [2.45, 2.75) is 20.6 Å². The van der Waals surface area contributed by atoms with E-state index in [2.05, 4.69) is 0 Å². The van der Waals surface area contributed by atoms with E-state index in [1.807, 2.05) is 65.5 Å². The zero-order valence-electron chi connectivity index (χ0n) is 20.0. The van der Waals surface area contributed by atoms with Crippen LogP contribution in [0.5, 0.6) is 0 Å². The van der Waals surface area contributed by atoms with Crippen LogP contribution < -0.4 is 14.8 Å². The van der Waals surface area contributed by atoms with E-state index in [0.717, 1.165) is 22.6 Å². The van der Waals surface area contributed by atoms with Crippen LogP contribution in [0.1, 0.15) is 24.9 Å². The Morgan fingerprint density at radius 2 is 1.67 bits per heavy atom. The van der Waals surface area contributed by atoms with Gasteiger partial charge in [-0.1, -0.05) is 30.3 Å². The Hall–Kier alpha value is -2.49. The lowest BCUT2D eigenvalue weighted by molar-refractivity contribution is -0.523. The Morgan fingerprint density at radius 1 is 1.00 bits per heavy atom. The van der Waals surface area contributed by atoms with Crippen molar-refractivity contribution in [3.05, 3.63) is 65.5 Å². The quantitative estimate of drug-likeness (QED) is 0.627. The van der Waals surface area contributed by atoms with Crippen LogP contribution in [0.3, 0.4) is 0 Å². The summed E-state index contributed by atoms with van der Waals surface area (Å²) in [5.74, 6) is 0.906. The van der Waals surface area contributed by atoms with Crippen molar-refractivity contribution < 1.29 is 12.7 Å². The summed E-state index contributed by atoms with van der Waals surface area (Å²) in [6, 6.07) is 10.5. The van der Waals surface area contributed by atoms with Crippen LogP contribution in [0.15, 0.2) is 48.8 Å². The average molecular weight is 322 g/mol. The Kier molecular flexibility index (Phi) is 2.13. The molecule has 120 valence electrons. The molecule has 0 saturated heterocycles. The van der Waals surface area contributed by atoms with Gasteiger partial charge in [0.2, 0.25) is 0 Å². The molecule has 2 aromatic carbocycles. The van der Waals surface area contributed by atoms with Gasteiger partial charge >= 0.3 is 6.98 Å². The van der Waals surface area contributed by atoms with Crippen molar-refractivity contribution in [3.8, 4) is 11.4 Å². The van der Waals surface area contributed by atoms with Gasteiger partial charge in [-0.3, -0.25) is 4.48 Å². The van der Waals surface area contributed by atoms with Gasteiger partial charge in [0.05, 0.1) is 12.6 Å². The number of hydrogen-bond donors (Lipinski definition) is 0. The van der Waals surface area contributed by atoms with E-state index in [1.54, 1.807) is 0 Å². The topological polar surface area (TPSA) is 12.1 Å². The number of aromatic nitrogens is 2. The maximum absolute atomic E-state index is 8.08. The highest BCUT2D eigenvalue weighted by molar-refractivity contribution is 6.70. The third-order valence-corrected chi connectivity index (χ3v) is 4.88. The number of hydrogen-bond acceptors (Lipinski definition) is 1. The molecule has 3 aromatic rings. The summed E-state index contributed by atoms with van der Waals surface area (Å²) < 4.78 is 52.5. The molecule has 2 heterocycles. The minimum absolute atomic E-state index is 0.0615. The van der Waals surface area contributed by atoms with Gasteiger partial charge < -0.3 is 4.81 Å². The average Bonchev–Trinajstić information content (AvgIpc) is 3.01. The molecule has 0 saturated carbocycles. The Labute approximate surface area is 152 Å². The first-order valence-electron chi connectivity index (χ1n) is 11.0. The highest BCUT2D eigenvalue weighted by atomic mass is 15.2. The summed E-state index contributed by atoms with van der Waals surface area (Å²) in [4.78, 5) is 1.97. The molecule has 24 heavy (non-hydrogen) atoms. The second kappa shape index (κ2) is 5.27. The normalized spacial score (nSPS) is 17.8. The maximum Gasteiger partial charge on any atom is 0.537 e. The number of benzene rings is 2. The summed E-state index contributed by atoms with van der Waals surface area (Å²) in [5.41, 5.74) is 3.50. The number of aryl methyl sites for hydroxylation is 4. The van der Waals surface area contributed by atoms with Crippen LogP contribution in [-0.4, -0.2) is 18.6 Å². The summed E-state index contributed by atoms with van der Waals surface area (Å²) >= 11 is 0. The fraction of sp³-hybridized carbons (Fsp3) is 0.250. The number of anilines is 1. The van der Waals surface area contributed by atoms with Gasteiger partial charge in [0.1, 0.15) is 12.4 Å². The third kappa shape index (κ3) is 1.95. The van der Waals surface area contributed by atoms with E-state index in [4.69, 9.17) is 8.22 Å². The maximum atomic E-state index is 8.08. The first kappa shape index (κ1) is 9.72. The molecule has 0 spiro atoms. The van der Waals surface area contributed by atoms with Gasteiger partial charge in [-0.15, -0.1) is 0 Å². The molecule has 0 atom stereocenters. The molecule has 0 aliphatic carbocycles. The predicted octanol–water partition coefficient (Wildman–Crippen LogP) is 2.60. The van der Waals surface area contributed by atoms with Crippen LogP contribution in [0, 0.1) is 20.6 Å². The number of fused-ring (bicyclic) bond motifs is 3. The molecule has 0 bridgehead atoms. The van der Waals surface area contributed by atoms with Gasteiger partial charge in [-0.2, -0.15) is 0 Å². The fourth-order valence-corrected chi connectivity index (χ4v) is 3.73. The summed E-state index contributed by atoms with van der Waals surface area (Å²) in [6.45, 7) is -3.46. The molecule has 0 amide bonds. The first-order valence-corrected chi connectivity index (χ1v) is 7.96. The zero-order chi connectivity index (χ0) is 22.0. The highest BCUT2D eigenvalue weighted by Crippen LogP contribution is 2.34. The zero-order valence-corrected chi connectivity index (χ0v) is 14.0. The molecular weight excluding hydrogens is 293 g/mol. The van der Waals surface area contributed by atoms with Crippen molar-refractivity contribution in [1.29, 1.82) is 0 Å². The molecule has 3 nitrogen and oxygen atoms in total. The SMILES string of the molecule is [2H]C([2H])([2H])c1cccc(C([2H])([2H])[2H])c1B1N(C)c2cccc(C)c2-c2n(C)cc[n+]21. The predicted molar refractivity (Wildman–Crippen MR) is 101 cm³/mol. The molecule has 0 N–H and O–H groups in total. The minimum Gasteiger partial charge on any atom is -0.372 e. The van der Waals surface area contributed by atoms with E-state index in [0.29, 0.717) is 5.46 Å². The van der Waals surface area contributed by atoms with E-state index in [-0.39, 0.29) is 11.1 Å². The van der Waals surface area contributed by atoms with Crippen molar-refractivity contribution in [3.63, 3.8) is 0 Å². The van der Waals surface area contributed by atoms with Crippen LogP contribution >= 0.6 is 0 Å². The molecule has 0 radical (unpaired) electrons. The lowest BCUT2D eigenvalue weighted by atomic mass is 9.60. The standard InChI is InChI=1S/C20H23BN3/c1-14-8-7-11-17-18(14)20-22(4)12-13-24(20)21(23(17)5)19-15(2)9-6-10-16(19)3/h6-13H,1-5H3/q+1/i2D3,3D3. The van der Waals surface area contributed by atoms with E-state index >= 15 is 0 Å². The van der Waals surface area contributed by atoms with Crippen LogP contribution in [0.2, 0.25) is 0 Å². The van der Waals surface area contributed by atoms with Crippen molar-refractivity contribution >= 4 is 18.1 Å². The second-order valence-corrected chi connectivity index (χ2v) is 6.36. The fourth-order valence-electron chi connectivity index (χ4n) is 3.73. The molecule has 0 fully saturated rings. The second-order valence-electron chi connectivity index (χ2n) is 6.36. The summed E-state index contributed by atoms with van der Waals surface area (Å²) in [6.07, 6.45) is 3.79. The summed E-state index contributed by atoms with van der Waals surface area (Å²) in [7, 11) is 3.82. The lowest BCUT2D eigenvalue weighted by Gasteiger charge is -2.32. The van der Waals surface area contributed by atoms with Crippen LogP contribution in [0.25, 0.3) is 11.4 Å². The van der Waals surface area contributed by atoms with Gasteiger partial charge in [-0.05, 0) is 50.4 Å². The van der Waals surface area contributed by atoms with Gasteiger partial charge in [-0.25, -0.2) is 4.57 Å².